The van der Waals surface area contributed by atoms with Crippen LogP contribution in [0.2, 0.25) is 0 Å². The Bertz CT molecular complexity index is 814. The maximum Gasteiger partial charge on any atom is 0.511 e. The summed E-state index contributed by atoms with van der Waals surface area (Å²) in [4.78, 5) is 11.4. The van der Waals surface area contributed by atoms with Gasteiger partial charge in [-0.15, -0.1) is 0 Å². The van der Waals surface area contributed by atoms with Crippen LogP contribution in [0.1, 0.15) is 87.2 Å². The average Bonchev–Trinajstić information content (AvgIpc) is 2.74. The Morgan fingerprint density at radius 1 is 0.750 bits per heavy atom. The lowest BCUT2D eigenvalue weighted by atomic mass is 9.77. The van der Waals surface area contributed by atoms with E-state index >= 15 is 0 Å². The van der Waals surface area contributed by atoms with Gasteiger partial charge in [0.2, 0.25) is 0 Å². The maximum atomic E-state index is 11.4. The molecule has 0 spiro atoms. The zero-order valence-corrected chi connectivity index (χ0v) is 16.5. The molecular weight excluding hydrogens is 348 g/mol. The van der Waals surface area contributed by atoms with Crippen LogP contribution in [-0.4, -0.2) is 11.3 Å². The molecule has 2 saturated carbocycles. The van der Waals surface area contributed by atoms with Gasteiger partial charge in [-0.1, -0.05) is 74.9 Å². The molecule has 2 aliphatic rings. The molecule has 148 valence electrons. The zero-order chi connectivity index (χ0) is 19.3. The Morgan fingerprint density at radius 3 is 1.96 bits per heavy atom. The molecule has 0 amide bonds. The third kappa shape index (κ3) is 4.09. The van der Waals surface area contributed by atoms with Gasteiger partial charge < -0.3 is 9.84 Å². The summed E-state index contributed by atoms with van der Waals surface area (Å²) < 4.78 is 5.29. The van der Waals surface area contributed by atoms with Crippen LogP contribution in [0.5, 0.6) is 5.75 Å². The number of carbonyl (C=O) groups is 1. The molecule has 0 unspecified atom stereocenters. The van der Waals surface area contributed by atoms with E-state index in [0.717, 1.165) is 5.56 Å². The highest BCUT2D eigenvalue weighted by Gasteiger charge is 2.26. The van der Waals surface area contributed by atoms with Gasteiger partial charge in [0.1, 0.15) is 5.75 Å². The first-order chi connectivity index (χ1) is 13.7. The fourth-order valence-electron chi connectivity index (χ4n) is 5.26. The molecule has 4 rings (SSSR count). The minimum absolute atomic E-state index is 0.485. The molecule has 2 fully saturated rings. The quantitative estimate of drug-likeness (QED) is 0.442. The first-order valence-electron chi connectivity index (χ1n) is 10.9. The van der Waals surface area contributed by atoms with E-state index in [0.29, 0.717) is 17.6 Å². The lowest BCUT2D eigenvalue weighted by molar-refractivity contribution is 0.144. The fourth-order valence-corrected chi connectivity index (χ4v) is 5.26. The van der Waals surface area contributed by atoms with Gasteiger partial charge in [0.15, 0.2) is 0 Å². The molecule has 1 N–H and O–H groups in total. The van der Waals surface area contributed by atoms with Gasteiger partial charge in [-0.25, -0.2) is 4.79 Å². The molecule has 28 heavy (non-hydrogen) atoms. The molecule has 0 aliphatic heterocycles. The van der Waals surface area contributed by atoms with E-state index in [-0.39, 0.29) is 0 Å². The molecule has 3 heteroatoms. The van der Waals surface area contributed by atoms with Crippen LogP contribution in [0.4, 0.5) is 4.79 Å². The third-order valence-electron chi connectivity index (χ3n) is 6.58. The van der Waals surface area contributed by atoms with Crippen molar-refractivity contribution in [2.75, 3.05) is 0 Å². The molecule has 2 aromatic rings. The molecule has 2 aromatic carbocycles. The van der Waals surface area contributed by atoms with E-state index in [1.165, 1.54) is 80.9 Å². The highest BCUT2D eigenvalue weighted by Crippen LogP contribution is 2.46. The van der Waals surface area contributed by atoms with Gasteiger partial charge in [0.05, 0.1) is 0 Å². The summed E-state index contributed by atoms with van der Waals surface area (Å²) in [5.74, 6) is 1.53. The molecule has 0 atom stereocenters. The van der Waals surface area contributed by atoms with Crippen LogP contribution in [0.15, 0.2) is 42.5 Å². The van der Waals surface area contributed by atoms with E-state index in [4.69, 9.17) is 4.74 Å². The minimum Gasteiger partial charge on any atom is -0.449 e. The number of carboxylic acid groups (broad SMARTS) is 1. The van der Waals surface area contributed by atoms with Crippen LogP contribution in [-0.2, 0) is 0 Å². The van der Waals surface area contributed by atoms with Crippen molar-refractivity contribution in [2.24, 2.45) is 0 Å². The normalized spacial score (nSPS) is 18.7. The minimum atomic E-state index is -1.24. The topological polar surface area (TPSA) is 46.5 Å². The van der Waals surface area contributed by atoms with Crippen LogP contribution < -0.4 is 4.74 Å². The highest BCUT2D eigenvalue weighted by molar-refractivity contribution is 5.80. The van der Waals surface area contributed by atoms with Gasteiger partial charge >= 0.3 is 6.16 Å². The Balaban J connectivity index is 1.84. The molecule has 0 saturated heterocycles. The summed E-state index contributed by atoms with van der Waals surface area (Å²) in [6.07, 6.45) is 11.2. The SMILES string of the molecule is O=C(O)Oc1cccc(C2CCCCC2)c1-c1ccccc1C1CCCCC1. The van der Waals surface area contributed by atoms with Crippen LogP contribution in [0.3, 0.4) is 0 Å². The van der Waals surface area contributed by atoms with Gasteiger partial charge in [-0.05, 0) is 60.3 Å². The van der Waals surface area contributed by atoms with Gasteiger partial charge in [0, 0.05) is 5.56 Å². The van der Waals surface area contributed by atoms with Crippen molar-refractivity contribution >= 4 is 6.16 Å². The Morgan fingerprint density at radius 2 is 1.32 bits per heavy atom. The summed E-state index contributed by atoms with van der Waals surface area (Å²) >= 11 is 0. The smallest absolute Gasteiger partial charge is 0.449 e. The van der Waals surface area contributed by atoms with E-state index in [9.17, 15) is 9.90 Å². The van der Waals surface area contributed by atoms with Gasteiger partial charge in [-0.2, -0.15) is 0 Å². The van der Waals surface area contributed by atoms with E-state index in [1.54, 1.807) is 0 Å². The predicted octanol–water partition coefficient (Wildman–Crippen LogP) is 7.51. The number of hydrogen-bond donors (Lipinski definition) is 1. The maximum absolute atomic E-state index is 11.4. The van der Waals surface area contributed by atoms with Crippen molar-refractivity contribution < 1.29 is 14.6 Å². The second-order valence-electron chi connectivity index (χ2n) is 8.35. The number of hydrogen-bond acceptors (Lipinski definition) is 2. The number of benzene rings is 2. The molecule has 2 aliphatic carbocycles. The summed E-state index contributed by atoms with van der Waals surface area (Å²) in [5, 5.41) is 9.34. The first-order valence-corrected chi connectivity index (χ1v) is 10.9. The predicted molar refractivity (Wildman–Crippen MR) is 112 cm³/mol. The molecule has 0 aromatic heterocycles. The standard InChI is InChI=1S/C25H30O3/c26-25(27)28-23-17-9-16-21(19-12-5-2-6-13-19)24(23)22-15-8-7-14-20(22)18-10-3-1-4-11-18/h7-9,14-19H,1-6,10-13H2,(H,26,27). The van der Waals surface area contributed by atoms with E-state index in [1.807, 2.05) is 12.1 Å². The number of ether oxygens (including phenoxy) is 1. The van der Waals surface area contributed by atoms with Gasteiger partial charge in [0.25, 0.3) is 0 Å². The highest BCUT2D eigenvalue weighted by atomic mass is 16.7. The summed E-state index contributed by atoms with van der Waals surface area (Å²) in [7, 11) is 0. The Hall–Kier alpha value is -2.29. The van der Waals surface area contributed by atoms with Crippen LogP contribution in [0.25, 0.3) is 11.1 Å². The lowest BCUT2D eigenvalue weighted by Crippen LogP contribution is -2.11. The fraction of sp³-hybridized carbons (Fsp3) is 0.480. The van der Waals surface area contributed by atoms with E-state index in [2.05, 4.69) is 30.3 Å². The Kier molecular flexibility index (Phi) is 5.99. The molecule has 0 radical (unpaired) electrons. The average molecular weight is 379 g/mol. The van der Waals surface area contributed by atoms with Crippen molar-refractivity contribution in [1.82, 2.24) is 0 Å². The van der Waals surface area contributed by atoms with Crippen molar-refractivity contribution in [2.45, 2.75) is 76.0 Å². The second-order valence-corrected chi connectivity index (χ2v) is 8.35. The van der Waals surface area contributed by atoms with Crippen molar-refractivity contribution in [3.05, 3.63) is 53.6 Å². The largest absolute Gasteiger partial charge is 0.511 e. The zero-order valence-electron chi connectivity index (χ0n) is 16.5. The second kappa shape index (κ2) is 8.81. The molecule has 0 heterocycles. The van der Waals surface area contributed by atoms with Crippen molar-refractivity contribution in [1.29, 1.82) is 0 Å². The summed E-state index contributed by atoms with van der Waals surface area (Å²) in [6.45, 7) is 0. The first kappa shape index (κ1) is 19.0. The number of rotatable bonds is 4. The molecule has 0 bridgehead atoms. The van der Waals surface area contributed by atoms with Crippen molar-refractivity contribution in [3.8, 4) is 16.9 Å². The van der Waals surface area contributed by atoms with Gasteiger partial charge in [-0.3, -0.25) is 0 Å². The van der Waals surface area contributed by atoms with Crippen molar-refractivity contribution in [3.63, 3.8) is 0 Å². The summed E-state index contributed by atoms with van der Waals surface area (Å²) in [5.41, 5.74) is 4.81. The molecular formula is C25H30O3. The monoisotopic (exact) mass is 378 g/mol. The van der Waals surface area contributed by atoms with E-state index < -0.39 is 6.16 Å². The molecule has 3 nitrogen and oxygen atoms in total. The van der Waals surface area contributed by atoms with Crippen LogP contribution >= 0.6 is 0 Å². The Labute approximate surface area is 167 Å². The lowest BCUT2D eigenvalue weighted by Gasteiger charge is -2.28. The summed E-state index contributed by atoms with van der Waals surface area (Å²) in [6, 6.07) is 14.6. The van der Waals surface area contributed by atoms with Crippen LogP contribution in [0, 0.1) is 0 Å². The third-order valence-corrected chi connectivity index (χ3v) is 6.58.